The van der Waals surface area contributed by atoms with Gasteiger partial charge in [-0.1, -0.05) is 17.8 Å². The monoisotopic (exact) mass is 427 g/mol. The van der Waals surface area contributed by atoms with Crippen molar-refractivity contribution in [3.05, 3.63) is 53.8 Å². The summed E-state index contributed by atoms with van der Waals surface area (Å²) in [7, 11) is 1.88. The first kappa shape index (κ1) is 21.8. The highest BCUT2D eigenvalue weighted by Gasteiger charge is 2.14. The number of nitrogens with zero attached hydrogens (tertiary/aromatic N) is 4. The molecule has 0 atom stereocenters. The van der Waals surface area contributed by atoms with Gasteiger partial charge in [0.05, 0.1) is 5.75 Å². The predicted molar refractivity (Wildman–Crippen MR) is 120 cm³/mol. The van der Waals surface area contributed by atoms with Crippen LogP contribution in [0.5, 0.6) is 0 Å². The highest BCUT2D eigenvalue weighted by molar-refractivity contribution is 7.99. The molecule has 0 spiro atoms. The minimum absolute atomic E-state index is 0.155. The number of carbonyl (C=O) groups excluding carboxylic acids is 1. The van der Waals surface area contributed by atoms with Crippen LogP contribution in [0.1, 0.15) is 19.4 Å². The number of amides is 1. The van der Waals surface area contributed by atoms with E-state index in [-0.39, 0.29) is 17.5 Å². The van der Waals surface area contributed by atoms with Crippen LogP contribution >= 0.6 is 11.8 Å². The van der Waals surface area contributed by atoms with Gasteiger partial charge >= 0.3 is 0 Å². The minimum Gasteiger partial charge on any atom is -0.372 e. The summed E-state index contributed by atoms with van der Waals surface area (Å²) in [4.78, 5) is 14.5. The second-order valence-corrected chi connectivity index (χ2v) is 7.83. The molecule has 8 heteroatoms. The Morgan fingerprint density at radius 3 is 2.47 bits per heavy atom. The van der Waals surface area contributed by atoms with Crippen LogP contribution < -0.4 is 10.2 Å². The first-order valence-corrected chi connectivity index (χ1v) is 10.8. The number of benzene rings is 2. The van der Waals surface area contributed by atoms with Crippen molar-refractivity contribution in [2.24, 2.45) is 7.05 Å². The van der Waals surface area contributed by atoms with Gasteiger partial charge in [0.2, 0.25) is 5.91 Å². The Labute approximate surface area is 180 Å². The van der Waals surface area contributed by atoms with E-state index in [9.17, 15) is 9.18 Å². The van der Waals surface area contributed by atoms with Gasteiger partial charge in [0.1, 0.15) is 5.82 Å². The number of thioether (sulfide) groups is 1. The van der Waals surface area contributed by atoms with Crippen molar-refractivity contribution in [2.75, 3.05) is 29.1 Å². The summed E-state index contributed by atoms with van der Waals surface area (Å²) in [5.74, 6) is 0.328. The van der Waals surface area contributed by atoms with E-state index in [0.717, 1.165) is 24.5 Å². The fourth-order valence-electron chi connectivity index (χ4n) is 3.10. The van der Waals surface area contributed by atoms with Gasteiger partial charge in [0.25, 0.3) is 0 Å². The molecule has 2 aromatic carbocycles. The van der Waals surface area contributed by atoms with Crippen LogP contribution in [0.15, 0.2) is 47.6 Å². The standard InChI is InChI=1S/C22H26FN5OS/c1-5-28(6-2)18-11-8-16(9-12-18)21-25-26-22(27(21)4)30-14-20(29)24-17-10-7-15(3)19(23)13-17/h7-13H,5-6,14H2,1-4H3,(H,24,29). The average molecular weight is 428 g/mol. The van der Waals surface area contributed by atoms with Gasteiger partial charge in [-0.2, -0.15) is 0 Å². The summed E-state index contributed by atoms with van der Waals surface area (Å²) in [5, 5.41) is 11.8. The van der Waals surface area contributed by atoms with Crippen LogP contribution in [0.25, 0.3) is 11.4 Å². The first-order chi connectivity index (χ1) is 14.4. The van der Waals surface area contributed by atoms with E-state index in [2.05, 4.69) is 46.4 Å². The molecule has 3 aromatic rings. The van der Waals surface area contributed by atoms with Gasteiger partial charge < -0.3 is 14.8 Å². The zero-order chi connectivity index (χ0) is 21.7. The van der Waals surface area contributed by atoms with Crippen LogP contribution in [0, 0.1) is 12.7 Å². The quantitative estimate of drug-likeness (QED) is 0.536. The summed E-state index contributed by atoms with van der Waals surface area (Å²) in [5.41, 5.74) is 3.12. The second kappa shape index (κ2) is 9.75. The number of aromatic nitrogens is 3. The maximum atomic E-state index is 13.6. The molecule has 0 aliphatic heterocycles. The Hall–Kier alpha value is -2.87. The lowest BCUT2D eigenvalue weighted by Crippen LogP contribution is -2.21. The molecule has 0 bridgehead atoms. The molecule has 30 heavy (non-hydrogen) atoms. The summed E-state index contributed by atoms with van der Waals surface area (Å²) < 4.78 is 15.5. The molecule has 0 fully saturated rings. The second-order valence-electron chi connectivity index (χ2n) is 6.89. The van der Waals surface area contributed by atoms with Crippen LogP contribution in [0.3, 0.4) is 0 Å². The summed E-state index contributed by atoms with van der Waals surface area (Å²) >= 11 is 1.29. The smallest absolute Gasteiger partial charge is 0.234 e. The van der Waals surface area contributed by atoms with Gasteiger partial charge in [0, 0.05) is 37.1 Å². The molecule has 1 aromatic heterocycles. The van der Waals surface area contributed by atoms with E-state index < -0.39 is 0 Å². The van der Waals surface area contributed by atoms with Crippen molar-refractivity contribution in [1.82, 2.24) is 14.8 Å². The Kier molecular flexibility index (Phi) is 7.10. The van der Waals surface area contributed by atoms with Gasteiger partial charge in [-0.3, -0.25) is 4.79 Å². The topological polar surface area (TPSA) is 63.1 Å². The largest absolute Gasteiger partial charge is 0.372 e. The normalized spacial score (nSPS) is 10.8. The fourth-order valence-corrected chi connectivity index (χ4v) is 3.81. The molecule has 158 valence electrons. The van der Waals surface area contributed by atoms with Crippen LogP contribution in [-0.2, 0) is 11.8 Å². The minimum atomic E-state index is -0.342. The zero-order valence-corrected chi connectivity index (χ0v) is 18.5. The molecule has 6 nitrogen and oxygen atoms in total. The van der Waals surface area contributed by atoms with E-state index in [0.29, 0.717) is 16.4 Å². The third kappa shape index (κ3) is 4.99. The Morgan fingerprint density at radius 2 is 1.83 bits per heavy atom. The van der Waals surface area contributed by atoms with Crippen LogP contribution in [0.2, 0.25) is 0 Å². The first-order valence-electron chi connectivity index (χ1n) is 9.86. The summed E-state index contributed by atoms with van der Waals surface area (Å²) in [6, 6.07) is 12.9. The zero-order valence-electron chi connectivity index (χ0n) is 17.6. The number of hydrogen-bond donors (Lipinski definition) is 1. The Morgan fingerprint density at radius 1 is 1.13 bits per heavy atom. The van der Waals surface area contributed by atoms with E-state index in [4.69, 9.17) is 0 Å². The number of carbonyl (C=O) groups is 1. The van der Waals surface area contributed by atoms with Crippen molar-refractivity contribution in [1.29, 1.82) is 0 Å². The van der Waals surface area contributed by atoms with E-state index >= 15 is 0 Å². The fraction of sp³-hybridized carbons (Fsp3) is 0.318. The molecule has 0 saturated carbocycles. The highest BCUT2D eigenvalue weighted by Crippen LogP contribution is 2.25. The summed E-state index contributed by atoms with van der Waals surface area (Å²) in [6.45, 7) is 7.86. The lowest BCUT2D eigenvalue weighted by atomic mass is 10.2. The van der Waals surface area contributed by atoms with Crippen LogP contribution in [0.4, 0.5) is 15.8 Å². The molecule has 0 unspecified atom stereocenters. The molecule has 1 N–H and O–H groups in total. The van der Waals surface area contributed by atoms with E-state index in [1.165, 1.54) is 23.5 Å². The van der Waals surface area contributed by atoms with E-state index in [1.54, 1.807) is 19.1 Å². The SMILES string of the molecule is CCN(CC)c1ccc(-c2nnc(SCC(=O)Nc3ccc(C)c(F)c3)n2C)cc1. The van der Waals surface area contributed by atoms with Crippen molar-refractivity contribution in [3.63, 3.8) is 0 Å². The average Bonchev–Trinajstić information content (AvgIpc) is 3.11. The number of halogens is 1. The lowest BCUT2D eigenvalue weighted by Gasteiger charge is -2.21. The van der Waals surface area contributed by atoms with Crippen LogP contribution in [-0.4, -0.2) is 39.5 Å². The number of nitrogens with one attached hydrogen (secondary N) is 1. The number of aryl methyl sites for hydroxylation is 1. The molecule has 0 radical (unpaired) electrons. The van der Waals surface area contributed by atoms with Crippen molar-refractivity contribution < 1.29 is 9.18 Å². The molecular weight excluding hydrogens is 401 g/mol. The molecule has 1 heterocycles. The van der Waals surface area contributed by atoms with Gasteiger partial charge in [0.15, 0.2) is 11.0 Å². The molecule has 0 saturated heterocycles. The number of anilines is 2. The third-order valence-electron chi connectivity index (χ3n) is 4.88. The van der Waals surface area contributed by atoms with Crippen molar-refractivity contribution in [3.8, 4) is 11.4 Å². The summed E-state index contributed by atoms with van der Waals surface area (Å²) in [6.07, 6.45) is 0. The number of hydrogen-bond acceptors (Lipinski definition) is 5. The van der Waals surface area contributed by atoms with Gasteiger partial charge in [-0.15, -0.1) is 10.2 Å². The predicted octanol–water partition coefficient (Wildman–Crippen LogP) is 4.51. The highest BCUT2D eigenvalue weighted by atomic mass is 32.2. The molecular formula is C22H26FN5OS. The Balaban J connectivity index is 1.63. The maximum Gasteiger partial charge on any atom is 0.234 e. The third-order valence-corrected chi connectivity index (χ3v) is 5.90. The number of rotatable bonds is 8. The van der Waals surface area contributed by atoms with Crippen molar-refractivity contribution in [2.45, 2.75) is 25.9 Å². The molecule has 0 aliphatic carbocycles. The maximum absolute atomic E-state index is 13.6. The van der Waals surface area contributed by atoms with Gasteiger partial charge in [-0.05, 0) is 62.7 Å². The molecule has 3 rings (SSSR count). The van der Waals surface area contributed by atoms with Gasteiger partial charge in [-0.25, -0.2) is 4.39 Å². The molecule has 1 amide bonds. The van der Waals surface area contributed by atoms with E-state index in [1.807, 2.05) is 23.7 Å². The lowest BCUT2D eigenvalue weighted by molar-refractivity contribution is -0.113. The Bertz CT molecular complexity index is 1010. The van der Waals surface area contributed by atoms with Crippen molar-refractivity contribution >= 4 is 29.0 Å². The molecule has 0 aliphatic rings.